The number of rotatable bonds is 5. The SMILES string of the molecule is CCN(C)C(C)(O)S(=O)(=O)NC12CC(C1)C2. The molecule has 0 aliphatic heterocycles. The number of nitrogens with zero attached hydrogens (tertiary/aromatic N) is 1. The first kappa shape index (κ1) is 12.3. The van der Waals surface area contributed by atoms with Gasteiger partial charge < -0.3 is 5.11 Å². The molecule has 0 heterocycles. The van der Waals surface area contributed by atoms with Crippen molar-refractivity contribution in [1.29, 1.82) is 0 Å². The molecule has 94 valence electrons. The van der Waals surface area contributed by atoms with Crippen molar-refractivity contribution in [1.82, 2.24) is 9.62 Å². The highest BCUT2D eigenvalue weighted by Gasteiger charge is 2.60. The fraction of sp³-hybridized carbons (Fsp3) is 1.00. The van der Waals surface area contributed by atoms with E-state index in [-0.39, 0.29) is 5.54 Å². The summed E-state index contributed by atoms with van der Waals surface area (Å²) in [7, 11) is -2.12. The summed E-state index contributed by atoms with van der Waals surface area (Å²) >= 11 is 0. The van der Waals surface area contributed by atoms with Crippen LogP contribution in [0.4, 0.5) is 0 Å². The van der Waals surface area contributed by atoms with Crippen molar-refractivity contribution >= 4 is 10.0 Å². The number of hydrogen-bond donors (Lipinski definition) is 2. The highest BCUT2D eigenvalue weighted by Crippen LogP contribution is 2.57. The van der Waals surface area contributed by atoms with Gasteiger partial charge in [0.05, 0.1) is 0 Å². The number of sulfonamides is 1. The molecule has 0 spiro atoms. The molecule has 3 fully saturated rings. The minimum Gasteiger partial charge on any atom is -0.362 e. The summed E-state index contributed by atoms with van der Waals surface area (Å²) in [4.78, 5) is 1.42. The molecule has 6 heteroatoms. The summed E-state index contributed by atoms with van der Waals surface area (Å²) in [5.41, 5.74) is -0.234. The van der Waals surface area contributed by atoms with Gasteiger partial charge in [-0.3, -0.25) is 4.90 Å². The first-order valence-electron chi connectivity index (χ1n) is 5.69. The van der Waals surface area contributed by atoms with Gasteiger partial charge in [0.25, 0.3) is 10.0 Å². The van der Waals surface area contributed by atoms with Gasteiger partial charge in [0.15, 0.2) is 0 Å². The lowest BCUT2D eigenvalue weighted by atomic mass is 9.50. The van der Waals surface area contributed by atoms with E-state index in [0.29, 0.717) is 12.5 Å². The van der Waals surface area contributed by atoms with Crippen molar-refractivity contribution in [2.45, 2.75) is 43.7 Å². The van der Waals surface area contributed by atoms with Crippen LogP contribution in [0.1, 0.15) is 33.1 Å². The molecule has 1 atom stereocenters. The van der Waals surface area contributed by atoms with Crippen LogP contribution in [0.15, 0.2) is 0 Å². The molecule has 5 nitrogen and oxygen atoms in total. The van der Waals surface area contributed by atoms with Gasteiger partial charge >= 0.3 is 0 Å². The minimum absolute atomic E-state index is 0.234. The van der Waals surface area contributed by atoms with Crippen LogP contribution in [0.5, 0.6) is 0 Å². The smallest absolute Gasteiger partial charge is 0.256 e. The van der Waals surface area contributed by atoms with Crippen LogP contribution < -0.4 is 4.72 Å². The molecular weight excluding hydrogens is 228 g/mol. The minimum atomic E-state index is -3.72. The molecular formula is C10H20N2O3S. The van der Waals surface area contributed by atoms with Crippen LogP contribution in [-0.4, -0.2) is 42.6 Å². The number of aliphatic hydroxyl groups is 1. The van der Waals surface area contributed by atoms with E-state index in [1.807, 2.05) is 6.92 Å². The third-order valence-corrected chi connectivity index (χ3v) is 6.11. The third kappa shape index (κ3) is 1.59. The van der Waals surface area contributed by atoms with E-state index >= 15 is 0 Å². The summed E-state index contributed by atoms with van der Waals surface area (Å²) in [6.07, 6.45) is 2.79. The molecule has 3 aliphatic carbocycles. The second-order valence-electron chi connectivity index (χ2n) is 5.31. The molecule has 3 saturated carbocycles. The van der Waals surface area contributed by atoms with Gasteiger partial charge in [-0.25, -0.2) is 13.1 Å². The molecule has 2 N–H and O–H groups in total. The molecule has 0 aromatic carbocycles. The Balaban J connectivity index is 2.11. The van der Waals surface area contributed by atoms with Gasteiger partial charge in [0, 0.05) is 5.54 Å². The first-order valence-corrected chi connectivity index (χ1v) is 7.18. The third-order valence-electron chi connectivity index (χ3n) is 4.08. The van der Waals surface area contributed by atoms with E-state index in [0.717, 1.165) is 19.3 Å². The van der Waals surface area contributed by atoms with Gasteiger partial charge in [-0.05, 0) is 45.7 Å². The van der Waals surface area contributed by atoms with E-state index in [9.17, 15) is 13.5 Å². The second kappa shape index (κ2) is 3.41. The summed E-state index contributed by atoms with van der Waals surface area (Å²) < 4.78 is 26.8. The van der Waals surface area contributed by atoms with Gasteiger partial charge in [0.1, 0.15) is 0 Å². The molecule has 16 heavy (non-hydrogen) atoms. The van der Waals surface area contributed by atoms with Gasteiger partial charge in [-0.2, -0.15) is 0 Å². The van der Waals surface area contributed by atoms with E-state index in [1.165, 1.54) is 11.8 Å². The highest BCUT2D eigenvalue weighted by molar-refractivity contribution is 7.90. The fourth-order valence-corrected chi connectivity index (χ4v) is 4.04. The van der Waals surface area contributed by atoms with Crippen molar-refractivity contribution in [2.24, 2.45) is 5.92 Å². The summed E-state index contributed by atoms with van der Waals surface area (Å²) in [5.74, 6) is 0.705. The standard InChI is InChI=1S/C10H20N2O3S/c1-4-12(3)9(2,13)16(14,15)11-10-5-8(6-10)7-10/h8,11,13H,4-7H2,1-3H3. The maximum absolute atomic E-state index is 12.1. The van der Waals surface area contributed by atoms with Gasteiger partial charge in [0.2, 0.25) is 5.06 Å². The largest absolute Gasteiger partial charge is 0.362 e. The Hall–Kier alpha value is -0.170. The van der Waals surface area contributed by atoms with Crippen LogP contribution in [0, 0.1) is 5.92 Å². The Morgan fingerprint density at radius 2 is 2.00 bits per heavy atom. The van der Waals surface area contributed by atoms with E-state index in [2.05, 4.69) is 4.72 Å². The monoisotopic (exact) mass is 248 g/mol. The van der Waals surface area contributed by atoms with Crippen molar-refractivity contribution in [2.75, 3.05) is 13.6 Å². The Morgan fingerprint density at radius 3 is 2.31 bits per heavy atom. The Morgan fingerprint density at radius 1 is 1.50 bits per heavy atom. The van der Waals surface area contributed by atoms with Crippen molar-refractivity contribution in [3.63, 3.8) is 0 Å². The molecule has 2 bridgehead atoms. The lowest BCUT2D eigenvalue weighted by Gasteiger charge is -2.62. The predicted octanol–water partition coefficient (Wildman–Crippen LogP) is 0.0760. The molecule has 3 rings (SSSR count). The molecule has 0 saturated heterocycles. The van der Waals surface area contributed by atoms with Crippen LogP contribution >= 0.6 is 0 Å². The topological polar surface area (TPSA) is 69.6 Å². The number of hydrogen-bond acceptors (Lipinski definition) is 4. The van der Waals surface area contributed by atoms with Gasteiger partial charge in [-0.15, -0.1) is 0 Å². The predicted molar refractivity (Wildman–Crippen MR) is 61.1 cm³/mol. The first-order chi connectivity index (χ1) is 7.22. The number of nitrogens with one attached hydrogen (secondary N) is 1. The zero-order valence-corrected chi connectivity index (χ0v) is 10.8. The summed E-state index contributed by atoms with van der Waals surface area (Å²) in [5, 5.41) is 8.25. The average molecular weight is 248 g/mol. The van der Waals surface area contributed by atoms with Crippen LogP contribution in [0.3, 0.4) is 0 Å². The van der Waals surface area contributed by atoms with Crippen LogP contribution in [-0.2, 0) is 10.0 Å². The molecule has 3 aliphatic rings. The maximum Gasteiger partial charge on any atom is 0.256 e. The second-order valence-corrected chi connectivity index (χ2v) is 7.30. The Bertz CT molecular complexity index is 374. The average Bonchev–Trinajstić information content (AvgIpc) is 2.07. The van der Waals surface area contributed by atoms with E-state index in [4.69, 9.17) is 0 Å². The van der Waals surface area contributed by atoms with E-state index in [1.54, 1.807) is 7.05 Å². The lowest BCUT2D eigenvalue weighted by molar-refractivity contribution is -0.0419. The lowest BCUT2D eigenvalue weighted by Crippen LogP contribution is -2.71. The molecule has 0 aromatic heterocycles. The fourth-order valence-electron chi connectivity index (χ4n) is 2.48. The quantitative estimate of drug-likeness (QED) is 0.676. The molecule has 0 radical (unpaired) electrons. The van der Waals surface area contributed by atoms with E-state index < -0.39 is 15.1 Å². The van der Waals surface area contributed by atoms with Gasteiger partial charge in [-0.1, -0.05) is 6.92 Å². The Labute approximate surface area is 96.9 Å². The van der Waals surface area contributed by atoms with Crippen molar-refractivity contribution < 1.29 is 13.5 Å². The highest BCUT2D eigenvalue weighted by atomic mass is 32.2. The molecule has 1 unspecified atom stereocenters. The van der Waals surface area contributed by atoms with Crippen LogP contribution in [0.2, 0.25) is 0 Å². The maximum atomic E-state index is 12.1. The van der Waals surface area contributed by atoms with Crippen molar-refractivity contribution in [3.8, 4) is 0 Å². The summed E-state index contributed by atoms with van der Waals surface area (Å²) in [6.45, 7) is 3.61. The normalized spacial score (nSPS) is 36.4. The van der Waals surface area contributed by atoms with Crippen LogP contribution in [0.25, 0.3) is 0 Å². The van der Waals surface area contributed by atoms with Crippen molar-refractivity contribution in [3.05, 3.63) is 0 Å². The zero-order chi connectivity index (χ0) is 12.2. The molecule has 0 amide bonds. The Kier molecular flexibility index (Phi) is 2.62. The zero-order valence-electron chi connectivity index (χ0n) is 10.0. The molecule has 0 aromatic rings. The summed E-state index contributed by atoms with van der Waals surface area (Å²) in [6, 6.07) is 0.